The van der Waals surface area contributed by atoms with Gasteiger partial charge in [-0.1, -0.05) is 30.3 Å². The van der Waals surface area contributed by atoms with E-state index in [-0.39, 0.29) is 11.7 Å². The van der Waals surface area contributed by atoms with Crippen molar-refractivity contribution in [3.8, 4) is 11.1 Å². The van der Waals surface area contributed by atoms with Crippen molar-refractivity contribution in [3.05, 3.63) is 59.8 Å². The number of nitrogens with one attached hydrogen (secondary N) is 1. The molecule has 0 spiro atoms. The van der Waals surface area contributed by atoms with Gasteiger partial charge in [-0.2, -0.15) is 0 Å². The fraction of sp³-hybridized carbons (Fsp3) is 0.348. The summed E-state index contributed by atoms with van der Waals surface area (Å²) in [6.45, 7) is 1.09. The fourth-order valence-corrected chi connectivity index (χ4v) is 7.92. The molecule has 3 aromatic rings. The third-order valence-electron chi connectivity index (χ3n) is 6.09. The number of nitrogens with zero attached hydrogens (tertiary/aromatic N) is 1. The van der Waals surface area contributed by atoms with Gasteiger partial charge < -0.3 is 5.73 Å². The van der Waals surface area contributed by atoms with Crippen molar-refractivity contribution in [1.29, 1.82) is 0 Å². The van der Waals surface area contributed by atoms with Crippen LogP contribution in [0.15, 0.2) is 48.7 Å². The number of piperidine rings is 1. The average molecular weight is 629 g/mol. The average Bonchev–Trinajstić information content (AvgIpc) is 3.21. The minimum atomic E-state index is -3.15. The predicted molar refractivity (Wildman–Crippen MR) is 125 cm³/mol. The molecule has 1 amide bonds. The molecule has 0 radical (unpaired) electrons. The summed E-state index contributed by atoms with van der Waals surface area (Å²) in [5, 5.41) is 0.994. The van der Waals surface area contributed by atoms with Crippen LogP contribution in [0.5, 0.6) is 0 Å². The van der Waals surface area contributed by atoms with E-state index in [9.17, 15) is 13.2 Å². The Labute approximate surface area is 198 Å². The first-order valence-electron chi connectivity index (χ1n) is 10.6. The normalized spacial score (nSPS) is 16.0. The molecule has 31 heavy (non-hydrogen) atoms. The summed E-state index contributed by atoms with van der Waals surface area (Å²) in [5.74, 6) is 0.0487. The van der Waals surface area contributed by atoms with E-state index >= 15 is 0 Å². The van der Waals surface area contributed by atoms with Crippen molar-refractivity contribution in [2.24, 2.45) is 5.73 Å². The number of aromatic nitrogens is 1. The van der Waals surface area contributed by atoms with Crippen LogP contribution < -0.4 is 5.73 Å². The summed E-state index contributed by atoms with van der Waals surface area (Å²) >= 11 is 0.846. The first-order chi connectivity index (χ1) is 14.9. The Morgan fingerprint density at radius 3 is 2.48 bits per heavy atom. The molecule has 0 unspecified atom stereocenters. The number of rotatable bonds is 7. The molecule has 2 heterocycles. The standard InChI is InChI=1S/C23H26N3O3S.Tl/c1-2-12-30(28,29)26-10-8-17(9-11-26)21-15-25-22-19(21)13-18(14-20(22)23(24)27)16-6-4-3-5-7-16;/h3-7,13-15,17,25H,1-2,8-12H2,(H2,24,27);. The van der Waals surface area contributed by atoms with Crippen molar-refractivity contribution >= 4 is 52.6 Å². The van der Waals surface area contributed by atoms with E-state index in [1.807, 2.05) is 42.6 Å². The van der Waals surface area contributed by atoms with Crippen molar-refractivity contribution in [3.63, 3.8) is 0 Å². The van der Waals surface area contributed by atoms with Crippen LogP contribution in [0.2, 0.25) is 3.98 Å². The quantitative estimate of drug-likeness (QED) is 0.393. The zero-order chi connectivity index (χ0) is 22.0. The number of benzene rings is 2. The summed E-state index contributed by atoms with van der Waals surface area (Å²) in [5.41, 5.74) is 10.0. The minimum absolute atomic E-state index is 0.243. The molecule has 6 nitrogen and oxygen atoms in total. The van der Waals surface area contributed by atoms with Gasteiger partial charge in [0.2, 0.25) is 0 Å². The molecule has 0 aliphatic carbocycles. The molecule has 1 fully saturated rings. The molecule has 8 heteroatoms. The Balaban J connectivity index is 1.65. The van der Waals surface area contributed by atoms with E-state index in [2.05, 4.69) is 11.1 Å². The Hall–Kier alpha value is -1.72. The molecular formula is C23H26N3O3STl. The third-order valence-corrected chi connectivity index (χ3v) is 9.63. The van der Waals surface area contributed by atoms with Gasteiger partial charge in [0.1, 0.15) is 0 Å². The summed E-state index contributed by atoms with van der Waals surface area (Å²) in [4.78, 5) is 15.4. The van der Waals surface area contributed by atoms with Gasteiger partial charge in [-0.25, -0.2) is 0 Å². The molecule has 160 valence electrons. The zero-order valence-corrected chi connectivity index (χ0v) is 22.7. The van der Waals surface area contributed by atoms with Gasteiger partial charge in [-0.15, -0.1) is 0 Å². The number of fused-ring (bicyclic) bond motifs is 1. The van der Waals surface area contributed by atoms with Crippen LogP contribution in [0.4, 0.5) is 0 Å². The van der Waals surface area contributed by atoms with E-state index in [0.717, 1.165) is 76.6 Å². The molecular weight excluding hydrogens is 603 g/mol. The summed E-state index contributed by atoms with van der Waals surface area (Å²) in [7, 11) is -3.15. The Morgan fingerprint density at radius 2 is 1.84 bits per heavy atom. The molecule has 4 rings (SSSR count). The second-order valence-corrected chi connectivity index (χ2v) is 12.4. The summed E-state index contributed by atoms with van der Waals surface area (Å²) < 4.78 is 27.8. The van der Waals surface area contributed by atoms with Gasteiger partial charge in [0, 0.05) is 0 Å². The Kier molecular flexibility index (Phi) is 6.83. The van der Waals surface area contributed by atoms with E-state index in [1.165, 1.54) is 0 Å². The number of amides is 1. The van der Waals surface area contributed by atoms with Crippen LogP contribution in [-0.4, -0.2) is 68.2 Å². The van der Waals surface area contributed by atoms with E-state index in [4.69, 9.17) is 5.73 Å². The van der Waals surface area contributed by atoms with Crippen molar-refractivity contribution in [1.82, 2.24) is 9.29 Å². The molecule has 1 saturated heterocycles. The van der Waals surface area contributed by atoms with Gasteiger partial charge in [-0.05, 0) is 11.6 Å². The molecule has 0 saturated carbocycles. The van der Waals surface area contributed by atoms with Crippen molar-refractivity contribution in [2.75, 3.05) is 18.8 Å². The van der Waals surface area contributed by atoms with Crippen LogP contribution in [0, 0.1) is 0 Å². The first-order valence-corrected chi connectivity index (χ1v) is 15.4. The molecule has 0 bridgehead atoms. The Bertz CT molecular complexity index is 1180. The Morgan fingerprint density at radius 1 is 1.13 bits per heavy atom. The second kappa shape index (κ2) is 9.42. The molecule has 3 N–H and O–H groups in total. The fourth-order valence-electron chi connectivity index (χ4n) is 4.42. The molecule has 2 aromatic carbocycles. The maximum atomic E-state index is 12.6. The van der Waals surface area contributed by atoms with E-state index < -0.39 is 15.9 Å². The van der Waals surface area contributed by atoms with Crippen molar-refractivity contribution < 1.29 is 13.2 Å². The maximum absolute atomic E-state index is 12.6. The number of carbonyl (C=O) groups is 1. The third kappa shape index (κ3) is 4.73. The molecule has 1 aliphatic heterocycles. The topological polar surface area (TPSA) is 96.3 Å². The number of aromatic amines is 1. The van der Waals surface area contributed by atoms with Gasteiger partial charge in [0.05, 0.1) is 0 Å². The molecule has 1 aliphatic rings. The van der Waals surface area contributed by atoms with Crippen LogP contribution in [-0.2, 0) is 10.0 Å². The van der Waals surface area contributed by atoms with Gasteiger partial charge >= 0.3 is 141 Å². The van der Waals surface area contributed by atoms with Crippen LogP contribution >= 0.6 is 0 Å². The first kappa shape index (κ1) is 22.5. The monoisotopic (exact) mass is 629 g/mol. The van der Waals surface area contributed by atoms with Crippen LogP contribution in [0.3, 0.4) is 0 Å². The number of H-pyrrole nitrogens is 1. The second-order valence-electron chi connectivity index (χ2n) is 8.05. The van der Waals surface area contributed by atoms with E-state index in [1.54, 1.807) is 4.31 Å². The van der Waals surface area contributed by atoms with Gasteiger partial charge in [0.15, 0.2) is 0 Å². The van der Waals surface area contributed by atoms with Gasteiger partial charge in [0.25, 0.3) is 5.91 Å². The predicted octanol–water partition coefficient (Wildman–Crippen LogP) is 3.42. The van der Waals surface area contributed by atoms with Gasteiger partial charge in [-0.3, -0.25) is 4.79 Å². The molecule has 0 atom stereocenters. The number of sulfonamides is 1. The van der Waals surface area contributed by atoms with E-state index in [0.29, 0.717) is 18.7 Å². The number of hydrogen-bond donors (Lipinski definition) is 2. The van der Waals surface area contributed by atoms with Crippen molar-refractivity contribution in [2.45, 2.75) is 29.2 Å². The summed E-state index contributed by atoms with van der Waals surface area (Å²) in [6.07, 6.45) is 4.28. The zero-order valence-electron chi connectivity index (χ0n) is 17.4. The number of hydrogen-bond acceptors (Lipinski definition) is 3. The van der Waals surface area contributed by atoms with Crippen LogP contribution in [0.1, 0.15) is 41.1 Å². The summed E-state index contributed by atoms with van der Waals surface area (Å²) in [6, 6.07) is 13.9. The molecule has 1 aromatic heterocycles. The number of nitrogens with two attached hydrogens (primary N) is 1. The number of primary amides is 1. The van der Waals surface area contributed by atoms with Crippen LogP contribution in [0.25, 0.3) is 22.0 Å². The number of carbonyl (C=O) groups excluding carboxylic acids is 1. The SMILES string of the molecule is NC(=O)c1cc(-c2ccccc2)cc2c(C3CCN(S(=O)(=O)CC[CH2][Tl])CC3)c[nH]c12.